The second kappa shape index (κ2) is 12.8. The number of ether oxygens (including phenoxy) is 3. The normalized spacial score (nSPS) is 11.5. The van der Waals surface area contributed by atoms with E-state index >= 15 is 0 Å². The SMILES string of the molecule is CCC[C@H](C)Nc1nc(N(Cc2ccc(OC)cc2)Cc2ccc(OC)cc2)nc(C)c1C(=O)OC. The molecule has 3 rings (SSSR count). The molecular weight excluding hydrogens is 456 g/mol. The molecule has 1 atom stereocenters. The third-order valence-electron chi connectivity index (χ3n) is 5.92. The van der Waals surface area contributed by atoms with Crippen molar-refractivity contribution in [2.45, 2.75) is 52.7 Å². The van der Waals surface area contributed by atoms with Crippen LogP contribution in [0.2, 0.25) is 0 Å². The Morgan fingerprint density at radius 2 is 1.44 bits per heavy atom. The summed E-state index contributed by atoms with van der Waals surface area (Å²) in [5.74, 6) is 2.15. The minimum absolute atomic E-state index is 0.136. The van der Waals surface area contributed by atoms with Crippen molar-refractivity contribution in [3.63, 3.8) is 0 Å². The first-order valence-electron chi connectivity index (χ1n) is 12.1. The monoisotopic (exact) mass is 492 g/mol. The van der Waals surface area contributed by atoms with E-state index < -0.39 is 5.97 Å². The molecule has 0 spiro atoms. The molecule has 1 heterocycles. The molecule has 8 heteroatoms. The summed E-state index contributed by atoms with van der Waals surface area (Å²) in [5.41, 5.74) is 3.08. The van der Waals surface area contributed by atoms with Crippen LogP contribution in [0, 0.1) is 6.92 Å². The topological polar surface area (TPSA) is 85.8 Å². The molecule has 0 unspecified atom stereocenters. The highest BCUT2D eigenvalue weighted by molar-refractivity contribution is 5.96. The maximum absolute atomic E-state index is 12.6. The molecule has 3 aromatic rings. The first-order chi connectivity index (χ1) is 17.4. The van der Waals surface area contributed by atoms with Crippen LogP contribution in [0.5, 0.6) is 11.5 Å². The van der Waals surface area contributed by atoms with Gasteiger partial charge in [-0.1, -0.05) is 37.6 Å². The molecule has 2 aromatic carbocycles. The summed E-state index contributed by atoms with van der Waals surface area (Å²) < 4.78 is 15.7. The molecule has 1 N–H and O–H groups in total. The average Bonchev–Trinajstić information content (AvgIpc) is 2.88. The predicted molar refractivity (Wildman–Crippen MR) is 142 cm³/mol. The molecule has 1 aromatic heterocycles. The van der Waals surface area contributed by atoms with Crippen LogP contribution in [0.25, 0.3) is 0 Å². The van der Waals surface area contributed by atoms with Crippen molar-refractivity contribution in [3.8, 4) is 11.5 Å². The van der Waals surface area contributed by atoms with Crippen LogP contribution in [0.4, 0.5) is 11.8 Å². The van der Waals surface area contributed by atoms with Gasteiger partial charge in [-0.15, -0.1) is 0 Å². The summed E-state index contributed by atoms with van der Waals surface area (Å²) in [6, 6.07) is 16.0. The zero-order chi connectivity index (χ0) is 26.1. The summed E-state index contributed by atoms with van der Waals surface area (Å²) in [5, 5.41) is 3.41. The number of hydrogen-bond acceptors (Lipinski definition) is 8. The Bertz CT molecular complexity index is 1080. The molecule has 0 bridgehead atoms. The van der Waals surface area contributed by atoms with Crippen LogP contribution < -0.4 is 19.7 Å². The number of hydrogen-bond donors (Lipinski definition) is 1. The van der Waals surface area contributed by atoms with E-state index in [4.69, 9.17) is 24.2 Å². The van der Waals surface area contributed by atoms with E-state index in [1.807, 2.05) is 55.5 Å². The summed E-state index contributed by atoms with van der Waals surface area (Å²) in [6.07, 6.45) is 1.96. The van der Waals surface area contributed by atoms with Crippen molar-refractivity contribution in [1.82, 2.24) is 9.97 Å². The fourth-order valence-electron chi connectivity index (χ4n) is 3.99. The van der Waals surface area contributed by atoms with Gasteiger partial charge in [0.15, 0.2) is 0 Å². The van der Waals surface area contributed by atoms with Crippen molar-refractivity contribution in [1.29, 1.82) is 0 Å². The Morgan fingerprint density at radius 1 is 0.917 bits per heavy atom. The molecule has 0 saturated carbocycles. The number of aryl methyl sites for hydroxylation is 1. The highest BCUT2D eigenvalue weighted by Gasteiger charge is 2.23. The number of carbonyl (C=O) groups is 1. The number of anilines is 2. The van der Waals surface area contributed by atoms with Gasteiger partial charge in [-0.3, -0.25) is 0 Å². The summed E-state index contributed by atoms with van der Waals surface area (Å²) in [4.78, 5) is 24.3. The Balaban J connectivity index is 2.03. The first kappa shape index (κ1) is 26.8. The molecule has 0 saturated heterocycles. The lowest BCUT2D eigenvalue weighted by molar-refractivity contribution is 0.0600. The van der Waals surface area contributed by atoms with Gasteiger partial charge in [0.2, 0.25) is 5.95 Å². The zero-order valence-electron chi connectivity index (χ0n) is 22.0. The number of nitrogens with one attached hydrogen (secondary N) is 1. The van der Waals surface area contributed by atoms with E-state index in [1.165, 1.54) is 7.11 Å². The Morgan fingerprint density at radius 3 is 1.89 bits per heavy atom. The third-order valence-corrected chi connectivity index (χ3v) is 5.92. The maximum Gasteiger partial charge on any atom is 0.343 e. The Hall–Kier alpha value is -3.81. The molecule has 192 valence electrons. The first-order valence-corrected chi connectivity index (χ1v) is 12.1. The van der Waals surface area contributed by atoms with Crippen LogP contribution in [-0.4, -0.2) is 43.3 Å². The lowest BCUT2D eigenvalue weighted by atomic mass is 10.1. The summed E-state index contributed by atoms with van der Waals surface area (Å²) in [6.45, 7) is 7.15. The molecule has 8 nitrogen and oxygen atoms in total. The smallest absolute Gasteiger partial charge is 0.343 e. The molecule has 0 amide bonds. The van der Waals surface area contributed by atoms with Crippen LogP contribution in [0.15, 0.2) is 48.5 Å². The van der Waals surface area contributed by atoms with Gasteiger partial charge in [-0.05, 0) is 55.7 Å². The van der Waals surface area contributed by atoms with Crippen molar-refractivity contribution >= 4 is 17.7 Å². The quantitative estimate of drug-likeness (QED) is 0.337. The number of methoxy groups -OCH3 is 3. The van der Waals surface area contributed by atoms with Gasteiger partial charge in [-0.25, -0.2) is 9.78 Å². The van der Waals surface area contributed by atoms with Crippen molar-refractivity contribution < 1.29 is 19.0 Å². The van der Waals surface area contributed by atoms with E-state index in [1.54, 1.807) is 14.2 Å². The minimum Gasteiger partial charge on any atom is -0.497 e. The summed E-state index contributed by atoms with van der Waals surface area (Å²) in [7, 11) is 4.67. The van der Waals surface area contributed by atoms with Gasteiger partial charge in [0.1, 0.15) is 22.9 Å². The van der Waals surface area contributed by atoms with Crippen LogP contribution >= 0.6 is 0 Å². The third kappa shape index (κ3) is 6.87. The molecular formula is C28H36N4O4. The van der Waals surface area contributed by atoms with Crippen LogP contribution in [0.3, 0.4) is 0 Å². The van der Waals surface area contributed by atoms with E-state index in [9.17, 15) is 4.79 Å². The fraction of sp³-hybridized carbons (Fsp3) is 0.393. The Kier molecular flexibility index (Phi) is 9.50. The van der Waals surface area contributed by atoms with Gasteiger partial charge in [-0.2, -0.15) is 4.98 Å². The lowest BCUT2D eigenvalue weighted by Crippen LogP contribution is -2.27. The number of nitrogens with zero attached hydrogens (tertiary/aromatic N) is 3. The van der Waals surface area contributed by atoms with Gasteiger partial charge in [0.25, 0.3) is 0 Å². The number of benzene rings is 2. The minimum atomic E-state index is -0.456. The second-order valence-corrected chi connectivity index (χ2v) is 8.71. The van der Waals surface area contributed by atoms with Crippen molar-refractivity contribution in [2.24, 2.45) is 0 Å². The summed E-state index contributed by atoms with van der Waals surface area (Å²) >= 11 is 0. The second-order valence-electron chi connectivity index (χ2n) is 8.71. The predicted octanol–water partition coefficient (Wildman–Crippen LogP) is 5.40. The van der Waals surface area contributed by atoms with Crippen LogP contribution in [-0.2, 0) is 17.8 Å². The zero-order valence-corrected chi connectivity index (χ0v) is 22.0. The maximum atomic E-state index is 12.6. The average molecular weight is 493 g/mol. The van der Waals surface area contributed by atoms with Gasteiger partial charge in [0.05, 0.1) is 27.0 Å². The molecule has 0 aliphatic heterocycles. The van der Waals surface area contributed by atoms with E-state index in [0.717, 1.165) is 35.5 Å². The van der Waals surface area contributed by atoms with E-state index in [2.05, 4.69) is 24.1 Å². The molecule has 0 fully saturated rings. The van der Waals surface area contributed by atoms with Crippen LogP contribution in [0.1, 0.15) is 53.9 Å². The van der Waals surface area contributed by atoms with E-state index in [-0.39, 0.29) is 6.04 Å². The van der Waals surface area contributed by atoms with Gasteiger partial charge in [0, 0.05) is 19.1 Å². The fourth-order valence-corrected chi connectivity index (χ4v) is 3.99. The number of aromatic nitrogens is 2. The van der Waals surface area contributed by atoms with Crippen molar-refractivity contribution in [3.05, 3.63) is 70.9 Å². The molecule has 0 radical (unpaired) electrons. The number of esters is 1. The molecule has 0 aliphatic carbocycles. The van der Waals surface area contributed by atoms with Gasteiger partial charge >= 0.3 is 5.97 Å². The van der Waals surface area contributed by atoms with Crippen molar-refractivity contribution in [2.75, 3.05) is 31.5 Å². The molecule has 0 aliphatic rings. The molecule has 36 heavy (non-hydrogen) atoms. The lowest BCUT2D eigenvalue weighted by Gasteiger charge is -2.25. The largest absolute Gasteiger partial charge is 0.497 e. The number of carbonyl (C=O) groups excluding carboxylic acids is 1. The highest BCUT2D eigenvalue weighted by atomic mass is 16.5. The highest BCUT2D eigenvalue weighted by Crippen LogP contribution is 2.26. The van der Waals surface area contributed by atoms with Gasteiger partial charge < -0.3 is 24.4 Å². The Labute approximate surface area is 213 Å². The van der Waals surface area contributed by atoms with E-state index in [0.29, 0.717) is 36.1 Å². The number of rotatable bonds is 12. The standard InChI is InChI=1S/C28H36N4O4/c1-7-8-19(2)29-26-25(27(33)36-6)20(3)30-28(31-26)32(17-21-9-13-23(34-4)14-10-21)18-22-11-15-24(35-5)16-12-22/h9-16,19H,7-8,17-18H2,1-6H3,(H,29,30,31)/t19-/m0/s1.